The highest BCUT2D eigenvalue weighted by Gasteiger charge is 2.43. The number of methoxy groups -OCH3 is 1. The molecule has 0 spiro atoms. The number of carbonyl (C=O) groups is 1. The Hall–Kier alpha value is -0.930. The van der Waals surface area contributed by atoms with Crippen LogP contribution in [-0.2, 0) is 16.0 Å². The Morgan fingerprint density at radius 2 is 1.90 bits per heavy atom. The van der Waals surface area contributed by atoms with Crippen LogP contribution in [-0.4, -0.2) is 18.5 Å². The van der Waals surface area contributed by atoms with Crippen LogP contribution in [0, 0.1) is 11.2 Å². The number of carbonyl (C=O) groups excluding carboxylic acids is 1. The standard InChI is InChI=1S/C17H22ClFO2/c1-16(2)7-9-17(21-3,10-8-16)15(20)11-12-13(18)5-4-6-14(12)19/h4-6H,7-11H2,1-3H3. The summed E-state index contributed by atoms with van der Waals surface area (Å²) in [5, 5.41) is 0.297. The minimum Gasteiger partial charge on any atom is -0.370 e. The minimum absolute atomic E-state index is 0.0141. The average Bonchev–Trinajstić information content (AvgIpc) is 2.43. The summed E-state index contributed by atoms with van der Waals surface area (Å²) in [5.41, 5.74) is -0.288. The Morgan fingerprint density at radius 3 is 2.43 bits per heavy atom. The lowest BCUT2D eigenvalue weighted by Crippen LogP contribution is -2.46. The molecule has 1 aliphatic rings. The first-order valence-electron chi connectivity index (χ1n) is 7.31. The van der Waals surface area contributed by atoms with Gasteiger partial charge in [-0.2, -0.15) is 0 Å². The maximum absolute atomic E-state index is 13.9. The van der Waals surface area contributed by atoms with Gasteiger partial charge in [-0.1, -0.05) is 31.5 Å². The third-order valence-corrected chi connectivity index (χ3v) is 5.06. The second kappa shape index (κ2) is 6.05. The molecule has 0 N–H and O–H groups in total. The molecule has 0 bridgehead atoms. The van der Waals surface area contributed by atoms with E-state index in [2.05, 4.69) is 13.8 Å². The molecule has 1 fully saturated rings. The van der Waals surface area contributed by atoms with Crippen molar-refractivity contribution in [1.29, 1.82) is 0 Å². The van der Waals surface area contributed by atoms with E-state index in [4.69, 9.17) is 16.3 Å². The van der Waals surface area contributed by atoms with Crippen LogP contribution in [0.5, 0.6) is 0 Å². The zero-order chi connectivity index (χ0) is 15.7. The third-order valence-electron chi connectivity index (χ3n) is 4.71. The molecule has 0 amide bonds. The normalized spacial score (nSPS) is 20.2. The Bertz CT molecular complexity index is 509. The quantitative estimate of drug-likeness (QED) is 0.813. The van der Waals surface area contributed by atoms with Crippen molar-refractivity contribution in [3.8, 4) is 0 Å². The van der Waals surface area contributed by atoms with Gasteiger partial charge in [-0.25, -0.2) is 4.39 Å². The summed E-state index contributed by atoms with van der Waals surface area (Å²) in [4.78, 5) is 12.7. The molecule has 116 valence electrons. The van der Waals surface area contributed by atoms with E-state index in [9.17, 15) is 9.18 Å². The van der Waals surface area contributed by atoms with Gasteiger partial charge in [0.05, 0.1) is 0 Å². The molecule has 1 saturated carbocycles. The number of benzene rings is 1. The minimum atomic E-state index is -0.791. The molecule has 0 saturated heterocycles. The van der Waals surface area contributed by atoms with Gasteiger partial charge in [-0.15, -0.1) is 0 Å². The summed E-state index contributed by atoms with van der Waals surface area (Å²) < 4.78 is 19.4. The zero-order valence-corrected chi connectivity index (χ0v) is 13.6. The molecule has 4 heteroatoms. The second-order valence-electron chi connectivity index (χ2n) is 6.66. The fourth-order valence-electron chi connectivity index (χ4n) is 2.95. The highest BCUT2D eigenvalue weighted by Crippen LogP contribution is 2.42. The highest BCUT2D eigenvalue weighted by atomic mass is 35.5. The molecule has 1 aromatic carbocycles. The number of hydrogen-bond acceptors (Lipinski definition) is 2. The first kappa shape index (κ1) is 16.4. The molecule has 2 rings (SSSR count). The summed E-state index contributed by atoms with van der Waals surface area (Å²) in [6.45, 7) is 4.40. The van der Waals surface area contributed by atoms with Gasteiger partial charge in [0.15, 0.2) is 5.78 Å². The lowest BCUT2D eigenvalue weighted by Gasteiger charge is -2.41. The van der Waals surface area contributed by atoms with Gasteiger partial charge in [0.25, 0.3) is 0 Å². The molecule has 0 radical (unpaired) electrons. The van der Waals surface area contributed by atoms with Crippen LogP contribution < -0.4 is 0 Å². The number of rotatable bonds is 4. The van der Waals surface area contributed by atoms with Crippen molar-refractivity contribution in [2.75, 3.05) is 7.11 Å². The van der Waals surface area contributed by atoms with Crippen molar-refractivity contribution in [1.82, 2.24) is 0 Å². The van der Waals surface area contributed by atoms with E-state index < -0.39 is 11.4 Å². The van der Waals surface area contributed by atoms with Gasteiger partial charge in [0.1, 0.15) is 11.4 Å². The maximum Gasteiger partial charge on any atom is 0.169 e. The third kappa shape index (κ3) is 3.46. The first-order valence-corrected chi connectivity index (χ1v) is 7.69. The maximum atomic E-state index is 13.9. The van der Waals surface area contributed by atoms with E-state index in [0.29, 0.717) is 17.9 Å². The fourth-order valence-corrected chi connectivity index (χ4v) is 3.18. The Kier molecular flexibility index (Phi) is 4.74. The average molecular weight is 313 g/mol. The number of ketones is 1. The smallest absolute Gasteiger partial charge is 0.169 e. The van der Waals surface area contributed by atoms with Crippen LogP contribution in [0.25, 0.3) is 0 Å². The van der Waals surface area contributed by atoms with E-state index in [1.54, 1.807) is 19.2 Å². The van der Waals surface area contributed by atoms with E-state index in [1.165, 1.54) is 6.07 Å². The van der Waals surface area contributed by atoms with Gasteiger partial charge in [-0.3, -0.25) is 4.79 Å². The molecule has 1 aliphatic carbocycles. The predicted molar refractivity (Wildman–Crippen MR) is 82.1 cm³/mol. The highest BCUT2D eigenvalue weighted by molar-refractivity contribution is 6.31. The molecule has 21 heavy (non-hydrogen) atoms. The Morgan fingerprint density at radius 1 is 1.29 bits per heavy atom. The van der Waals surface area contributed by atoms with Crippen molar-refractivity contribution in [3.05, 3.63) is 34.6 Å². The molecule has 1 aromatic rings. The SMILES string of the molecule is COC1(C(=O)Cc2c(F)cccc2Cl)CCC(C)(C)CC1. The first-order chi connectivity index (χ1) is 9.80. The molecule has 0 aromatic heterocycles. The van der Waals surface area contributed by atoms with Gasteiger partial charge >= 0.3 is 0 Å². The molecule has 0 atom stereocenters. The second-order valence-corrected chi connectivity index (χ2v) is 7.07. The Labute approximate surface area is 130 Å². The van der Waals surface area contributed by atoms with Crippen molar-refractivity contribution >= 4 is 17.4 Å². The molecular formula is C17H22ClFO2. The summed E-state index contributed by atoms with van der Waals surface area (Å²) in [7, 11) is 1.57. The van der Waals surface area contributed by atoms with Crippen molar-refractivity contribution < 1.29 is 13.9 Å². The van der Waals surface area contributed by atoms with Crippen molar-refractivity contribution in [2.45, 2.75) is 51.6 Å². The van der Waals surface area contributed by atoms with Crippen molar-refractivity contribution in [3.63, 3.8) is 0 Å². The molecular weight excluding hydrogens is 291 g/mol. The van der Waals surface area contributed by atoms with Crippen LogP contribution in [0.2, 0.25) is 5.02 Å². The number of Topliss-reactive ketones (excluding diaryl/α,β-unsaturated/α-hetero) is 1. The molecule has 2 nitrogen and oxygen atoms in total. The summed E-state index contributed by atoms with van der Waals surface area (Å²) in [5.74, 6) is -0.509. The summed E-state index contributed by atoms with van der Waals surface area (Å²) in [6.07, 6.45) is 3.21. The summed E-state index contributed by atoms with van der Waals surface area (Å²) >= 11 is 6.01. The van der Waals surface area contributed by atoms with E-state index in [0.717, 1.165) is 12.8 Å². The Balaban J connectivity index is 2.18. The van der Waals surface area contributed by atoms with E-state index >= 15 is 0 Å². The molecule has 0 aliphatic heterocycles. The summed E-state index contributed by atoms with van der Waals surface area (Å²) in [6, 6.07) is 4.48. The fraction of sp³-hybridized carbons (Fsp3) is 0.588. The van der Waals surface area contributed by atoms with Crippen molar-refractivity contribution in [2.24, 2.45) is 5.41 Å². The zero-order valence-electron chi connectivity index (χ0n) is 12.8. The number of ether oxygens (including phenoxy) is 1. The lowest BCUT2D eigenvalue weighted by atomic mass is 9.69. The van der Waals surface area contributed by atoms with E-state index in [1.807, 2.05) is 0 Å². The van der Waals surface area contributed by atoms with Crippen LogP contribution in [0.4, 0.5) is 4.39 Å². The van der Waals surface area contributed by atoms with Crippen LogP contribution in [0.15, 0.2) is 18.2 Å². The van der Waals surface area contributed by atoms with Gasteiger partial charge in [-0.05, 0) is 43.2 Å². The molecule has 0 heterocycles. The monoisotopic (exact) mass is 312 g/mol. The van der Waals surface area contributed by atoms with Crippen LogP contribution in [0.1, 0.15) is 45.1 Å². The number of hydrogen-bond donors (Lipinski definition) is 0. The number of halogens is 2. The molecule has 0 unspecified atom stereocenters. The topological polar surface area (TPSA) is 26.3 Å². The van der Waals surface area contributed by atoms with Gasteiger partial charge in [0.2, 0.25) is 0 Å². The van der Waals surface area contributed by atoms with Gasteiger partial charge in [0, 0.05) is 24.1 Å². The van der Waals surface area contributed by atoms with Gasteiger partial charge < -0.3 is 4.74 Å². The largest absolute Gasteiger partial charge is 0.370 e. The van der Waals surface area contributed by atoms with E-state index in [-0.39, 0.29) is 23.2 Å². The lowest BCUT2D eigenvalue weighted by molar-refractivity contribution is -0.147. The van der Waals surface area contributed by atoms with Crippen LogP contribution >= 0.6 is 11.6 Å². The van der Waals surface area contributed by atoms with Crippen LogP contribution in [0.3, 0.4) is 0 Å². The predicted octanol–water partition coefficient (Wildman–Crippen LogP) is 4.58.